The summed E-state index contributed by atoms with van der Waals surface area (Å²) >= 11 is 0. The highest BCUT2D eigenvalue weighted by Gasteiger charge is 2.32. The standard InChI is InChI=1S/C25H34N6O2/c1-18(2)30-14-12-29(13-15-30)17-24(32)31-11-5-8-22(31)20-6-4-7-21(27-20)25(33)28-23-10-9-19(3)16-26-23/h4,6-7,9-10,16,18,22H,5,8,11-15,17H2,1-3H3,(H,26,28,33)/t22-/m0/s1. The van der Waals surface area contributed by atoms with Crippen LogP contribution in [0.5, 0.6) is 0 Å². The fourth-order valence-electron chi connectivity index (χ4n) is 4.58. The fraction of sp³-hybridized carbons (Fsp3) is 0.520. The van der Waals surface area contributed by atoms with Gasteiger partial charge < -0.3 is 10.2 Å². The zero-order valence-corrected chi connectivity index (χ0v) is 19.8. The van der Waals surface area contributed by atoms with Crippen molar-refractivity contribution in [2.24, 2.45) is 0 Å². The highest BCUT2D eigenvalue weighted by atomic mass is 16.2. The van der Waals surface area contributed by atoms with Gasteiger partial charge in [-0.3, -0.25) is 19.4 Å². The number of amides is 2. The lowest BCUT2D eigenvalue weighted by atomic mass is 10.1. The first-order chi connectivity index (χ1) is 15.9. The summed E-state index contributed by atoms with van der Waals surface area (Å²) in [6, 6.07) is 9.59. The molecule has 1 N–H and O–H groups in total. The number of aromatic nitrogens is 2. The van der Waals surface area contributed by atoms with Gasteiger partial charge in [0.25, 0.3) is 5.91 Å². The number of nitrogens with zero attached hydrogens (tertiary/aromatic N) is 5. The predicted molar refractivity (Wildman–Crippen MR) is 128 cm³/mol. The van der Waals surface area contributed by atoms with Crippen LogP contribution in [0.4, 0.5) is 5.82 Å². The van der Waals surface area contributed by atoms with E-state index in [4.69, 9.17) is 0 Å². The van der Waals surface area contributed by atoms with Gasteiger partial charge in [0.2, 0.25) is 5.91 Å². The Balaban J connectivity index is 1.39. The first kappa shape index (κ1) is 23.3. The fourth-order valence-corrected chi connectivity index (χ4v) is 4.58. The SMILES string of the molecule is Cc1ccc(NC(=O)c2cccc([C@@H]3CCCN3C(=O)CN3CCN(C(C)C)CC3)n2)nc1. The van der Waals surface area contributed by atoms with E-state index in [0.717, 1.165) is 56.8 Å². The van der Waals surface area contributed by atoms with Gasteiger partial charge in [-0.1, -0.05) is 12.1 Å². The van der Waals surface area contributed by atoms with Gasteiger partial charge in [-0.15, -0.1) is 0 Å². The van der Waals surface area contributed by atoms with Gasteiger partial charge in [0.15, 0.2) is 0 Å². The van der Waals surface area contributed by atoms with Crippen molar-refractivity contribution in [2.45, 2.75) is 45.7 Å². The van der Waals surface area contributed by atoms with Crippen LogP contribution in [0.2, 0.25) is 0 Å². The van der Waals surface area contributed by atoms with Crippen LogP contribution < -0.4 is 5.32 Å². The molecule has 2 fully saturated rings. The molecule has 8 nitrogen and oxygen atoms in total. The minimum atomic E-state index is -0.299. The van der Waals surface area contributed by atoms with Gasteiger partial charge in [0.1, 0.15) is 11.5 Å². The van der Waals surface area contributed by atoms with E-state index in [9.17, 15) is 9.59 Å². The molecule has 0 bridgehead atoms. The number of rotatable bonds is 6. The van der Waals surface area contributed by atoms with Gasteiger partial charge in [0, 0.05) is 45.0 Å². The maximum Gasteiger partial charge on any atom is 0.275 e. The molecule has 2 amide bonds. The number of carbonyl (C=O) groups is 2. The van der Waals surface area contributed by atoms with Crippen LogP contribution in [-0.4, -0.2) is 81.8 Å². The lowest BCUT2D eigenvalue weighted by molar-refractivity contribution is -0.133. The smallest absolute Gasteiger partial charge is 0.275 e. The van der Waals surface area contributed by atoms with Crippen LogP contribution in [0.25, 0.3) is 0 Å². The summed E-state index contributed by atoms with van der Waals surface area (Å²) in [7, 11) is 0. The van der Waals surface area contributed by atoms with Crippen LogP contribution in [0.15, 0.2) is 36.5 Å². The quantitative estimate of drug-likeness (QED) is 0.729. The van der Waals surface area contributed by atoms with Crippen molar-refractivity contribution in [3.8, 4) is 0 Å². The number of aryl methyl sites for hydroxylation is 1. The van der Waals surface area contributed by atoms with Crippen LogP contribution >= 0.6 is 0 Å². The number of hydrogen-bond donors (Lipinski definition) is 1. The van der Waals surface area contributed by atoms with Crippen molar-refractivity contribution < 1.29 is 9.59 Å². The summed E-state index contributed by atoms with van der Waals surface area (Å²) in [5.41, 5.74) is 2.13. The van der Waals surface area contributed by atoms with Crippen molar-refractivity contribution in [3.63, 3.8) is 0 Å². The van der Waals surface area contributed by atoms with Crippen LogP contribution in [0.1, 0.15) is 54.5 Å². The number of hydrogen-bond acceptors (Lipinski definition) is 6. The second-order valence-electron chi connectivity index (χ2n) is 9.27. The summed E-state index contributed by atoms with van der Waals surface area (Å²) < 4.78 is 0. The molecular weight excluding hydrogens is 416 g/mol. The summed E-state index contributed by atoms with van der Waals surface area (Å²) in [5, 5.41) is 2.80. The van der Waals surface area contributed by atoms with Crippen molar-refractivity contribution in [2.75, 3.05) is 44.6 Å². The maximum absolute atomic E-state index is 13.2. The average Bonchev–Trinajstić information content (AvgIpc) is 3.31. The Morgan fingerprint density at radius 3 is 2.58 bits per heavy atom. The summed E-state index contributed by atoms with van der Waals surface area (Å²) in [5.74, 6) is 0.344. The first-order valence-corrected chi connectivity index (χ1v) is 11.9. The van der Waals surface area contributed by atoms with Crippen LogP contribution in [0.3, 0.4) is 0 Å². The minimum absolute atomic E-state index is 0.0836. The summed E-state index contributed by atoms with van der Waals surface area (Å²) in [6.07, 6.45) is 3.53. The molecule has 2 aromatic heterocycles. The van der Waals surface area contributed by atoms with E-state index in [2.05, 4.69) is 38.9 Å². The Morgan fingerprint density at radius 2 is 1.88 bits per heavy atom. The first-order valence-electron chi connectivity index (χ1n) is 11.9. The summed E-state index contributed by atoms with van der Waals surface area (Å²) in [6.45, 7) is 11.4. The second kappa shape index (κ2) is 10.4. The third-order valence-corrected chi connectivity index (χ3v) is 6.57. The number of pyridine rings is 2. The number of piperazine rings is 1. The number of nitrogens with one attached hydrogen (secondary N) is 1. The Morgan fingerprint density at radius 1 is 1.09 bits per heavy atom. The molecule has 176 valence electrons. The maximum atomic E-state index is 13.2. The van der Waals surface area contributed by atoms with Gasteiger partial charge in [-0.05, 0) is 57.4 Å². The second-order valence-corrected chi connectivity index (χ2v) is 9.27. The van der Waals surface area contributed by atoms with E-state index in [1.54, 1.807) is 18.3 Å². The van der Waals surface area contributed by atoms with Crippen molar-refractivity contribution in [3.05, 3.63) is 53.5 Å². The Bertz CT molecular complexity index is 969. The van der Waals surface area contributed by atoms with E-state index in [1.165, 1.54) is 0 Å². The van der Waals surface area contributed by atoms with Crippen LogP contribution in [-0.2, 0) is 4.79 Å². The van der Waals surface area contributed by atoms with Crippen molar-refractivity contribution in [1.29, 1.82) is 0 Å². The van der Waals surface area contributed by atoms with Crippen molar-refractivity contribution >= 4 is 17.6 Å². The van der Waals surface area contributed by atoms with E-state index >= 15 is 0 Å². The molecule has 4 rings (SSSR count). The number of anilines is 1. The van der Waals surface area contributed by atoms with E-state index in [1.807, 2.05) is 30.0 Å². The van der Waals surface area contributed by atoms with E-state index in [-0.39, 0.29) is 17.9 Å². The Hall–Kier alpha value is -2.84. The molecule has 2 aromatic rings. The molecule has 0 aromatic carbocycles. The molecule has 33 heavy (non-hydrogen) atoms. The molecule has 0 aliphatic carbocycles. The summed E-state index contributed by atoms with van der Waals surface area (Å²) in [4.78, 5) is 41.4. The topological polar surface area (TPSA) is 81.7 Å². The molecule has 2 aliphatic rings. The largest absolute Gasteiger partial charge is 0.333 e. The number of likely N-dealkylation sites (tertiary alicyclic amines) is 1. The lowest BCUT2D eigenvalue weighted by Crippen LogP contribution is -2.51. The van der Waals surface area contributed by atoms with Crippen LogP contribution in [0, 0.1) is 6.92 Å². The lowest BCUT2D eigenvalue weighted by Gasteiger charge is -2.37. The van der Waals surface area contributed by atoms with Gasteiger partial charge in [-0.25, -0.2) is 9.97 Å². The number of carbonyl (C=O) groups excluding carboxylic acids is 2. The van der Waals surface area contributed by atoms with Crippen molar-refractivity contribution in [1.82, 2.24) is 24.7 Å². The molecule has 4 heterocycles. The van der Waals surface area contributed by atoms with Gasteiger partial charge in [-0.2, -0.15) is 0 Å². The molecule has 2 aliphatic heterocycles. The average molecular weight is 451 g/mol. The van der Waals surface area contributed by atoms with E-state index in [0.29, 0.717) is 24.1 Å². The normalized spacial score (nSPS) is 19.8. The predicted octanol–water partition coefficient (Wildman–Crippen LogP) is 2.73. The third-order valence-electron chi connectivity index (χ3n) is 6.57. The molecule has 8 heteroatoms. The molecule has 0 saturated carbocycles. The highest BCUT2D eigenvalue weighted by molar-refractivity contribution is 6.02. The third kappa shape index (κ3) is 5.75. The molecule has 2 saturated heterocycles. The molecular formula is C25H34N6O2. The Kier molecular flexibility index (Phi) is 7.35. The molecule has 0 unspecified atom stereocenters. The molecule has 1 atom stereocenters. The monoisotopic (exact) mass is 450 g/mol. The molecule has 0 radical (unpaired) electrons. The zero-order chi connectivity index (χ0) is 23.4. The van der Waals surface area contributed by atoms with Gasteiger partial charge >= 0.3 is 0 Å². The Labute approximate surface area is 196 Å². The molecule has 0 spiro atoms. The minimum Gasteiger partial charge on any atom is -0.333 e. The highest BCUT2D eigenvalue weighted by Crippen LogP contribution is 2.31. The van der Waals surface area contributed by atoms with E-state index < -0.39 is 0 Å². The zero-order valence-electron chi connectivity index (χ0n) is 19.8. The van der Waals surface area contributed by atoms with Gasteiger partial charge in [0.05, 0.1) is 18.3 Å².